The molecule has 1 aliphatic rings. The number of carbonyl (C=O) groups is 2. The first kappa shape index (κ1) is 21.4. The maximum Gasteiger partial charge on any atom is 0.350 e. The van der Waals surface area contributed by atoms with Crippen molar-refractivity contribution in [3.8, 4) is 0 Å². The number of hydrogen-bond donors (Lipinski definition) is 1. The summed E-state index contributed by atoms with van der Waals surface area (Å²) < 4.78 is 38.0. The van der Waals surface area contributed by atoms with Gasteiger partial charge in [0.15, 0.2) is 5.57 Å². The van der Waals surface area contributed by atoms with Gasteiger partial charge >= 0.3 is 11.9 Å². The van der Waals surface area contributed by atoms with E-state index in [0.29, 0.717) is 5.69 Å². The van der Waals surface area contributed by atoms with Crippen LogP contribution in [0.1, 0.15) is 20.8 Å². The smallest absolute Gasteiger partial charge is 0.350 e. The Hall–Kier alpha value is -3.33. The first-order valence-corrected chi connectivity index (χ1v) is 10.7. The Kier molecular flexibility index (Phi) is 5.84. The third-order valence-corrected chi connectivity index (χ3v) is 6.24. The number of nitrogens with one attached hydrogen (secondary N) is 1. The minimum atomic E-state index is -3.92. The lowest BCUT2D eigenvalue weighted by molar-refractivity contribution is -0.222. The Balaban J connectivity index is 1.95. The van der Waals surface area contributed by atoms with E-state index in [2.05, 4.69) is 5.32 Å². The number of nitrogens with zero attached hydrogens (tertiary/aromatic N) is 1. The Labute approximate surface area is 175 Å². The number of benzene rings is 2. The minimum Gasteiger partial charge on any atom is -0.419 e. The summed E-state index contributed by atoms with van der Waals surface area (Å²) in [7, 11) is -3.92. The predicted octanol–water partition coefficient (Wildman–Crippen LogP) is 3.03. The maximum absolute atomic E-state index is 13.3. The van der Waals surface area contributed by atoms with Crippen LogP contribution in [0.5, 0.6) is 0 Å². The number of anilines is 2. The zero-order valence-electron chi connectivity index (χ0n) is 16.8. The highest BCUT2D eigenvalue weighted by Gasteiger charge is 2.39. The molecule has 0 unspecified atom stereocenters. The van der Waals surface area contributed by atoms with Gasteiger partial charge in [-0.3, -0.25) is 4.31 Å². The molecule has 158 valence electrons. The summed E-state index contributed by atoms with van der Waals surface area (Å²) in [4.78, 5) is 24.2. The second-order valence-corrected chi connectivity index (χ2v) is 8.71. The van der Waals surface area contributed by atoms with Gasteiger partial charge in [-0.25, -0.2) is 18.0 Å². The van der Waals surface area contributed by atoms with Gasteiger partial charge in [0.25, 0.3) is 15.8 Å². The quantitative estimate of drug-likeness (QED) is 0.427. The van der Waals surface area contributed by atoms with Crippen LogP contribution in [0.15, 0.2) is 71.3 Å². The molecular formula is C21H22N2O6S. The van der Waals surface area contributed by atoms with Crippen molar-refractivity contribution in [1.29, 1.82) is 0 Å². The molecule has 3 rings (SSSR count). The number of rotatable bonds is 6. The molecule has 2 aromatic rings. The standard InChI is InChI=1S/C21H22N2O6S/c1-4-23(15-10-6-5-7-11-15)30(26,27)18-13-9-8-12-17(18)22-14-16-19(24)28-21(2,3)29-20(16)25/h5-14,22H,4H2,1-3H3. The van der Waals surface area contributed by atoms with Crippen LogP contribution < -0.4 is 9.62 Å². The zero-order chi connectivity index (χ0) is 21.9. The van der Waals surface area contributed by atoms with E-state index in [-0.39, 0.29) is 22.7 Å². The van der Waals surface area contributed by atoms with Crippen molar-refractivity contribution in [2.45, 2.75) is 31.5 Å². The Morgan fingerprint density at radius 2 is 1.53 bits per heavy atom. The van der Waals surface area contributed by atoms with E-state index >= 15 is 0 Å². The molecule has 30 heavy (non-hydrogen) atoms. The van der Waals surface area contributed by atoms with Crippen LogP contribution in [0.25, 0.3) is 0 Å². The molecule has 1 heterocycles. The molecule has 1 N–H and O–H groups in total. The molecule has 1 saturated heterocycles. The molecule has 0 atom stereocenters. The van der Waals surface area contributed by atoms with Crippen LogP contribution in [0, 0.1) is 0 Å². The zero-order valence-corrected chi connectivity index (χ0v) is 17.6. The third-order valence-electron chi connectivity index (χ3n) is 4.28. The van der Waals surface area contributed by atoms with Crippen molar-refractivity contribution in [2.75, 3.05) is 16.2 Å². The van der Waals surface area contributed by atoms with Gasteiger partial charge in [0.05, 0.1) is 11.4 Å². The Bertz CT molecular complexity index is 1070. The maximum atomic E-state index is 13.3. The van der Waals surface area contributed by atoms with Crippen LogP contribution in [-0.4, -0.2) is 32.7 Å². The number of carbonyl (C=O) groups excluding carboxylic acids is 2. The largest absolute Gasteiger partial charge is 0.419 e. The molecule has 1 fully saturated rings. The molecule has 0 spiro atoms. The topological polar surface area (TPSA) is 102 Å². The van der Waals surface area contributed by atoms with Crippen molar-refractivity contribution < 1.29 is 27.5 Å². The SMILES string of the molecule is CCN(c1ccccc1)S(=O)(=O)c1ccccc1NC=C1C(=O)OC(C)(C)OC1=O. The second-order valence-electron chi connectivity index (χ2n) is 6.88. The van der Waals surface area contributed by atoms with Crippen molar-refractivity contribution in [2.24, 2.45) is 0 Å². The number of esters is 2. The lowest BCUT2D eigenvalue weighted by Crippen LogP contribution is -2.42. The van der Waals surface area contributed by atoms with E-state index in [9.17, 15) is 18.0 Å². The molecule has 0 aromatic heterocycles. The van der Waals surface area contributed by atoms with E-state index in [1.54, 1.807) is 49.4 Å². The highest BCUT2D eigenvalue weighted by molar-refractivity contribution is 7.93. The summed E-state index contributed by atoms with van der Waals surface area (Å²) in [6.45, 7) is 4.84. The molecule has 1 aliphatic heterocycles. The van der Waals surface area contributed by atoms with Gasteiger partial charge in [0.2, 0.25) is 0 Å². The van der Waals surface area contributed by atoms with E-state index < -0.39 is 27.7 Å². The van der Waals surface area contributed by atoms with Crippen LogP contribution in [-0.2, 0) is 29.1 Å². The Morgan fingerprint density at radius 3 is 2.13 bits per heavy atom. The molecule has 9 heteroatoms. The van der Waals surface area contributed by atoms with Gasteiger partial charge in [-0.2, -0.15) is 0 Å². The molecule has 0 bridgehead atoms. The highest BCUT2D eigenvalue weighted by atomic mass is 32.2. The van der Waals surface area contributed by atoms with E-state index in [1.165, 1.54) is 30.3 Å². The second kappa shape index (κ2) is 8.19. The van der Waals surface area contributed by atoms with Gasteiger partial charge in [-0.1, -0.05) is 30.3 Å². The van der Waals surface area contributed by atoms with Gasteiger partial charge in [0.1, 0.15) is 4.90 Å². The van der Waals surface area contributed by atoms with Crippen molar-refractivity contribution in [3.63, 3.8) is 0 Å². The average molecular weight is 430 g/mol. The fourth-order valence-electron chi connectivity index (χ4n) is 2.94. The number of hydrogen-bond acceptors (Lipinski definition) is 7. The van der Waals surface area contributed by atoms with Crippen LogP contribution in [0.3, 0.4) is 0 Å². The van der Waals surface area contributed by atoms with Gasteiger partial charge in [-0.05, 0) is 31.2 Å². The van der Waals surface area contributed by atoms with E-state index in [0.717, 1.165) is 6.20 Å². The molecular weight excluding hydrogens is 408 g/mol. The van der Waals surface area contributed by atoms with Crippen molar-refractivity contribution in [1.82, 2.24) is 0 Å². The first-order valence-electron chi connectivity index (χ1n) is 9.26. The van der Waals surface area contributed by atoms with Crippen molar-refractivity contribution >= 4 is 33.3 Å². The van der Waals surface area contributed by atoms with Gasteiger partial charge in [-0.15, -0.1) is 0 Å². The number of para-hydroxylation sites is 2. The molecule has 0 radical (unpaired) electrons. The number of cyclic esters (lactones) is 2. The summed E-state index contributed by atoms with van der Waals surface area (Å²) in [6.07, 6.45) is 1.09. The summed E-state index contributed by atoms with van der Waals surface area (Å²) in [5, 5.41) is 2.74. The molecule has 2 aromatic carbocycles. The molecule has 0 saturated carbocycles. The van der Waals surface area contributed by atoms with Gasteiger partial charge in [0, 0.05) is 26.6 Å². The van der Waals surface area contributed by atoms with E-state index in [1.807, 2.05) is 0 Å². The lowest BCUT2D eigenvalue weighted by atomic mass is 10.2. The lowest BCUT2D eigenvalue weighted by Gasteiger charge is -2.29. The average Bonchev–Trinajstić information content (AvgIpc) is 2.68. The van der Waals surface area contributed by atoms with E-state index in [4.69, 9.17) is 9.47 Å². The van der Waals surface area contributed by atoms with Crippen molar-refractivity contribution in [3.05, 3.63) is 66.4 Å². The normalized spacial score (nSPS) is 15.8. The summed E-state index contributed by atoms with van der Waals surface area (Å²) in [6, 6.07) is 14.9. The first-order chi connectivity index (χ1) is 14.2. The predicted molar refractivity (Wildman–Crippen MR) is 111 cm³/mol. The summed E-state index contributed by atoms with van der Waals surface area (Å²) in [5.74, 6) is -3.07. The van der Waals surface area contributed by atoms with Crippen LogP contribution in [0.4, 0.5) is 11.4 Å². The number of ether oxygens (including phenoxy) is 2. The fourth-order valence-corrected chi connectivity index (χ4v) is 4.58. The minimum absolute atomic E-state index is 0.00886. The summed E-state index contributed by atoms with van der Waals surface area (Å²) >= 11 is 0. The number of sulfonamides is 1. The molecule has 0 aliphatic carbocycles. The fraction of sp³-hybridized carbons (Fsp3) is 0.238. The van der Waals surface area contributed by atoms with Gasteiger partial charge < -0.3 is 14.8 Å². The van der Waals surface area contributed by atoms with Crippen LogP contribution >= 0.6 is 0 Å². The summed E-state index contributed by atoms with van der Waals surface area (Å²) in [5.41, 5.74) is 0.358. The third kappa shape index (κ3) is 4.30. The molecule has 0 amide bonds. The Morgan fingerprint density at radius 1 is 0.967 bits per heavy atom. The molecule has 8 nitrogen and oxygen atoms in total. The monoisotopic (exact) mass is 430 g/mol. The van der Waals surface area contributed by atoms with Crippen LogP contribution in [0.2, 0.25) is 0 Å². The highest BCUT2D eigenvalue weighted by Crippen LogP contribution is 2.29.